The second-order valence-electron chi connectivity index (χ2n) is 10.1. The van der Waals surface area contributed by atoms with Crippen LogP contribution in [-0.2, 0) is 23.5 Å². The van der Waals surface area contributed by atoms with Crippen LogP contribution in [0.2, 0.25) is 10.0 Å². The van der Waals surface area contributed by atoms with Crippen molar-refractivity contribution in [3.05, 3.63) is 62.6 Å². The summed E-state index contributed by atoms with van der Waals surface area (Å²) in [5.41, 5.74) is -1.74. The van der Waals surface area contributed by atoms with Gasteiger partial charge in [0.15, 0.2) is 5.82 Å². The summed E-state index contributed by atoms with van der Waals surface area (Å²) in [5.74, 6) is -1.30. The lowest BCUT2D eigenvalue weighted by Crippen LogP contribution is -2.44. The second kappa shape index (κ2) is 9.06. The minimum atomic E-state index is -4.90. The zero-order chi connectivity index (χ0) is 26.6. The molecule has 0 saturated carbocycles. The number of hydrogen-bond donors (Lipinski definition) is 1. The fourth-order valence-corrected chi connectivity index (χ4v) is 4.41. The molecule has 0 saturated heterocycles. The standard InChI is InChI=1S/C24H24Cl2F4N4O2/c1-12(22(2,3)4)32-21(35)18-5-13-10-34(11-14(13)9-31-18)19-8-23(36-33-19,24(28,29)30)15-6-16(25)20(27)17(26)7-15/h5-7,9,12H,8,10-11H2,1-4H3,(H,32,35). The molecule has 0 aliphatic carbocycles. The molecule has 6 nitrogen and oxygen atoms in total. The summed E-state index contributed by atoms with van der Waals surface area (Å²) < 4.78 is 56.7. The molecule has 0 radical (unpaired) electrons. The van der Waals surface area contributed by atoms with Crippen molar-refractivity contribution in [3.63, 3.8) is 0 Å². The van der Waals surface area contributed by atoms with E-state index in [0.717, 1.165) is 23.3 Å². The van der Waals surface area contributed by atoms with Crippen molar-refractivity contribution in [2.45, 2.75) is 65.0 Å². The van der Waals surface area contributed by atoms with E-state index in [2.05, 4.69) is 15.5 Å². The van der Waals surface area contributed by atoms with Crippen molar-refractivity contribution in [2.24, 2.45) is 10.6 Å². The molecule has 1 amide bonds. The van der Waals surface area contributed by atoms with Crippen molar-refractivity contribution in [2.75, 3.05) is 0 Å². The largest absolute Gasteiger partial charge is 0.435 e. The van der Waals surface area contributed by atoms with Crippen LogP contribution in [0.3, 0.4) is 0 Å². The molecule has 1 aromatic carbocycles. The molecule has 2 atom stereocenters. The first-order valence-corrected chi connectivity index (χ1v) is 11.9. The molecule has 2 aromatic rings. The Labute approximate surface area is 215 Å². The molecule has 36 heavy (non-hydrogen) atoms. The monoisotopic (exact) mass is 546 g/mol. The van der Waals surface area contributed by atoms with E-state index in [1.807, 2.05) is 27.7 Å². The number of rotatable bonds is 3. The van der Waals surface area contributed by atoms with E-state index in [4.69, 9.17) is 28.0 Å². The summed E-state index contributed by atoms with van der Waals surface area (Å²) in [5, 5.41) is 5.56. The zero-order valence-electron chi connectivity index (χ0n) is 19.9. The van der Waals surface area contributed by atoms with Crippen molar-refractivity contribution >= 4 is 34.9 Å². The number of carbonyl (C=O) groups is 1. The smallest absolute Gasteiger partial charge is 0.372 e. The summed E-state index contributed by atoms with van der Waals surface area (Å²) in [6, 6.07) is 3.22. The highest BCUT2D eigenvalue weighted by Gasteiger charge is 2.63. The van der Waals surface area contributed by atoms with Gasteiger partial charge in [-0.2, -0.15) is 13.2 Å². The first-order valence-electron chi connectivity index (χ1n) is 11.1. The van der Waals surface area contributed by atoms with E-state index in [9.17, 15) is 22.4 Å². The van der Waals surface area contributed by atoms with Crippen molar-refractivity contribution in [1.82, 2.24) is 15.2 Å². The molecule has 0 fully saturated rings. The van der Waals surface area contributed by atoms with Gasteiger partial charge in [0.25, 0.3) is 11.5 Å². The van der Waals surface area contributed by atoms with Crippen LogP contribution in [0.25, 0.3) is 0 Å². The molecular weight excluding hydrogens is 523 g/mol. The number of amides is 1. The fourth-order valence-electron chi connectivity index (χ4n) is 3.92. The summed E-state index contributed by atoms with van der Waals surface area (Å²) in [6.45, 7) is 8.37. The molecule has 2 aliphatic rings. The Kier molecular flexibility index (Phi) is 6.66. The Bertz CT molecular complexity index is 1220. The fraction of sp³-hybridized carbons (Fsp3) is 0.458. The van der Waals surface area contributed by atoms with E-state index in [1.165, 1.54) is 0 Å². The first-order chi connectivity index (χ1) is 16.6. The number of nitrogens with zero attached hydrogens (tertiary/aromatic N) is 3. The average molecular weight is 547 g/mol. The van der Waals surface area contributed by atoms with Crippen LogP contribution < -0.4 is 5.32 Å². The molecule has 2 unspecified atom stereocenters. The second-order valence-corrected chi connectivity index (χ2v) is 10.9. The van der Waals surface area contributed by atoms with E-state index < -0.39 is 39.6 Å². The van der Waals surface area contributed by atoms with Crippen molar-refractivity contribution in [3.8, 4) is 0 Å². The minimum Gasteiger partial charge on any atom is -0.372 e. The minimum absolute atomic E-state index is 0.0486. The first kappa shape index (κ1) is 26.5. The van der Waals surface area contributed by atoms with Crippen molar-refractivity contribution < 1.29 is 27.2 Å². The van der Waals surface area contributed by atoms with Gasteiger partial charge in [-0.15, -0.1) is 0 Å². The zero-order valence-corrected chi connectivity index (χ0v) is 21.4. The SMILES string of the molecule is CC(NC(=O)c1cc2c(cn1)CN(C1=NOC(c3cc(Cl)c(F)c(Cl)c3)(C(F)(F)F)C1)C2)C(C)(C)C. The lowest BCUT2D eigenvalue weighted by Gasteiger charge is -2.30. The molecular formula is C24H24Cl2F4N4O2. The maximum absolute atomic E-state index is 14.3. The predicted molar refractivity (Wildman–Crippen MR) is 127 cm³/mol. The Morgan fingerprint density at radius 3 is 2.33 bits per heavy atom. The quantitative estimate of drug-likeness (QED) is 0.367. The van der Waals surface area contributed by atoms with Gasteiger partial charge >= 0.3 is 6.18 Å². The van der Waals surface area contributed by atoms with Gasteiger partial charge in [0, 0.05) is 30.9 Å². The summed E-state index contributed by atoms with van der Waals surface area (Å²) >= 11 is 11.5. The molecule has 0 bridgehead atoms. The van der Waals surface area contributed by atoms with Gasteiger partial charge in [0.2, 0.25) is 0 Å². The third kappa shape index (κ3) is 4.72. The van der Waals surface area contributed by atoms with Crippen LogP contribution in [0, 0.1) is 11.2 Å². The van der Waals surface area contributed by atoms with Gasteiger partial charge in [-0.05, 0) is 41.7 Å². The number of pyridine rings is 1. The van der Waals surface area contributed by atoms with Crippen LogP contribution >= 0.6 is 23.2 Å². The third-order valence-electron chi connectivity index (χ3n) is 6.67. The van der Waals surface area contributed by atoms with Gasteiger partial charge in [-0.1, -0.05) is 49.1 Å². The average Bonchev–Trinajstić information content (AvgIpc) is 3.40. The number of fused-ring (bicyclic) bond motifs is 1. The van der Waals surface area contributed by atoms with Crippen molar-refractivity contribution in [1.29, 1.82) is 0 Å². The van der Waals surface area contributed by atoms with Crippen LogP contribution in [-0.4, -0.2) is 33.8 Å². The van der Waals surface area contributed by atoms with Gasteiger partial charge in [-0.3, -0.25) is 9.78 Å². The number of nitrogens with one attached hydrogen (secondary N) is 1. The summed E-state index contributed by atoms with van der Waals surface area (Å²) in [6.07, 6.45) is -4.02. The Hall–Kier alpha value is -2.59. The number of aromatic nitrogens is 1. The molecule has 194 valence electrons. The Morgan fingerprint density at radius 2 is 1.75 bits per heavy atom. The molecule has 3 heterocycles. The Morgan fingerprint density at radius 1 is 1.14 bits per heavy atom. The number of benzene rings is 1. The van der Waals surface area contributed by atoms with Crippen LogP contribution in [0.1, 0.15) is 61.3 Å². The highest BCUT2D eigenvalue weighted by atomic mass is 35.5. The predicted octanol–water partition coefficient (Wildman–Crippen LogP) is 6.20. The van der Waals surface area contributed by atoms with Gasteiger partial charge in [0.05, 0.1) is 16.5 Å². The molecule has 0 spiro atoms. The lowest BCUT2D eigenvalue weighted by atomic mass is 9.88. The molecule has 2 aliphatic heterocycles. The molecule has 12 heteroatoms. The number of amidine groups is 1. The summed E-state index contributed by atoms with van der Waals surface area (Å²) in [7, 11) is 0. The van der Waals surface area contributed by atoms with E-state index in [-0.39, 0.29) is 42.0 Å². The van der Waals surface area contributed by atoms with E-state index >= 15 is 0 Å². The normalized spacial score (nSPS) is 20.6. The maximum atomic E-state index is 14.3. The summed E-state index contributed by atoms with van der Waals surface area (Å²) in [4.78, 5) is 23.5. The highest BCUT2D eigenvalue weighted by Crippen LogP contribution is 2.50. The van der Waals surface area contributed by atoms with E-state index in [1.54, 1.807) is 17.2 Å². The number of hydrogen-bond acceptors (Lipinski definition) is 5. The molecule has 1 N–H and O–H groups in total. The molecule has 4 rings (SSSR count). The van der Waals surface area contributed by atoms with E-state index in [0.29, 0.717) is 0 Å². The van der Waals surface area contributed by atoms with Crippen LogP contribution in [0.15, 0.2) is 29.6 Å². The topological polar surface area (TPSA) is 66.8 Å². The van der Waals surface area contributed by atoms with Gasteiger partial charge in [0.1, 0.15) is 11.5 Å². The Balaban J connectivity index is 1.54. The van der Waals surface area contributed by atoms with Gasteiger partial charge < -0.3 is 15.1 Å². The highest BCUT2D eigenvalue weighted by molar-refractivity contribution is 6.35. The number of halogens is 6. The third-order valence-corrected chi connectivity index (χ3v) is 7.22. The number of carbonyl (C=O) groups excluding carboxylic acids is 1. The molecule has 1 aromatic heterocycles. The van der Waals surface area contributed by atoms with Crippen LogP contribution in [0.4, 0.5) is 17.6 Å². The lowest BCUT2D eigenvalue weighted by molar-refractivity contribution is -0.275. The van der Waals surface area contributed by atoms with Crippen LogP contribution in [0.5, 0.6) is 0 Å². The number of oxime groups is 1. The number of alkyl halides is 3. The van der Waals surface area contributed by atoms with Gasteiger partial charge in [-0.25, -0.2) is 4.39 Å². The maximum Gasteiger partial charge on any atom is 0.435 e.